The summed E-state index contributed by atoms with van der Waals surface area (Å²) in [6.07, 6.45) is -5.96. The van der Waals surface area contributed by atoms with E-state index >= 15 is 0 Å². The van der Waals surface area contributed by atoms with Crippen molar-refractivity contribution in [3.05, 3.63) is 35.1 Å². The number of aliphatic hydroxyl groups is 1. The van der Waals surface area contributed by atoms with Crippen molar-refractivity contribution in [1.82, 2.24) is 0 Å². The number of nitriles is 1. The number of rotatable bonds is 3. The predicted octanol–water partition coefficient (Wildman–Crippen LogP) is 3.82. The summed E-state index contributed by atoms with van der Waals surface area (Å²) >= 11 is 0. The number of alkyl halides is 3. The van der Waals surface area contributed by atoms with Crippen LogP contribution in [0.3, 0.4) is 0 Å². The van der Waals surface area contributed by atoms with E-state index < -0.39 is 29.1 Å². The quantitative estimate of drug-likeness (QED) is 0.852. The van der Waals surface area contributed by atoms with E-state index in [2.05, 4.69) is 0 Å². The number of aliphatic hydroxyl groups excluding tert-OH is 1. The summed E-state index contributed by atoms with van der Waals surface area (Å²) < 4.78 is 50.9. The third-order valence-electron chi connectivity index (χ3n) is 3.16. The van der Waals surface area contributed by atoms with Crippen molar-refractivity contribution in [3.8, 4) is 6.07 Å². The molecule has 1 aromatic rings. The van der Waals surface area contributed by atoms with E-state index in [9.17, 15) is 22.7 Å². The highest BCUT2D eigenvalue weighted by molar-refractivity contribution is 5.30. The number of benzene rings is 1. The molecule has 0 saturated heterocycles. The second-order valence-electron chi connectivity index (χ2n) is 4.56. The lowest BCUT2D eigenvalue weighted by molar-refractivity contribution is -0.137. The first-order valence-electron chi connectivity index (χ1n) is 5.61. The molecule has 0 fully saturated rings. The Kier molecular flexibility index (Phi) is 4.21. The zero-order chi connectivity index (χ0) is 14.8. The van der Waals surface area contributed by atoms with Gasteiger partial charge in [0.25, 0.3) is 0 Å². The van der Waals surface area contributed by atoms with Crippen LogP contribution in [0.4, 0.5) is 17.6 Å². The summed E-state index contributed by atoms with van der Waals surface area (Å²) in [7, 11) is 0. The third-order valence-corrected chi connectivity index (χ3v) is 3.16. The zero-order valence-electron chi connectivity index (χ0n) is 10.4. The molecule has 0 amide bonds. The van der Waals surface area contributed by atoms with Crippen LogP contribution in [0.5, 0.6) is 0 Å². The second kappa shape index (κ2) is 5.17. The van der Waals surface area contributed by atoms with Gasteiger partial charge in [0.1, 0.15) is 5.82 Å². The van der Waals surface area contributed by atoms with Crippen LogP contribution in [0.2, 0.25) is 0 Å². The van der Waals surface area contributed by atoms with Gasteiger partial charge in [0.15, 0.2) is 0 Å². The number of hydrogen-bond donors (Lipinski definition) is 1. The molecular weight excluding hydrogens is 262 g/mol. The van der Waals surface area contributed by atoms with Gasteiger partial charge in [0, 0.05) is 0 Å². The van der Waals surface area contributed by atoms with Crippen LogP contribution in [0.1, 0.15) is 37.5 Å². The highest BCUT2D eigenvalue weighted by Crippen LogP contribution is 2.38. The fraction of sp³-hybridized carbons (Fsp3) is 0.462. The Bertz CT molecular complexity index is 506. The minimum atomic E-state index is -4.70. The van der Waals surface area contributed by atoms with Crippen molar-refractivity contribution >= 4 is 0 Å². The standard InChI is InChI=1S/C13H13F4NO/c1-3-12(2,7-18)11(19)8-4-9(13(15,16)17)6-10(14)5-8/h4-6,11,19H,3H2,1-2H3. The summed E-state index contributed by atoms with van der Waals surface area (Å²) in [5.41, 5.74) is -2.70. The maximum atomic E-state index is 13.2. The number of hydrogen-bond acceptors (Lipinski definition) is 2. The summed E-state index contributed by atoms with van der Waals surface area (Å²) in [4.78, 5) is 0. The van der Waals surface area contributed by atoms with Gasteiger partial charge < -0.3 is 5.11 Å². The first-order valence-corrected chi connectivity index (χ1v) is 5.61. The molecule has 0 aliphatic heterocycles. The van der Waals surface area contributed by atoms with Crippen LogP contribution >= 0.6 is 0 Å². The number of nitrogens with zero attached hydrogens (tertiary/aromatic N) is 1. The van der Waals surface area contributed by atoms with Gasteiger partial charge in [-0.05, 0) is 37.1 Å². The highest BCUT2D eigenvalue weighted by atomic mass is 19.4. The number of halogens is 4. The van der Waals surface area contributed by atoms with E-state index in [4.69, 9.17) is 5.26 Å². The molecule has 104 valence electrons. The summed E-state index contributed by atoms with van der Waals surface area (Å²) in [6, 6.07) is 3.68. The predicted molar refractivity (Wildman–Crippen MR) is 60.4 cm³/mol. The molecule has 1 N–H and O–H groups in total. The minimum absolute atomic E-state index is 0.225. The van der Waals surface area contributed by atoms with E-state index in [-0.39, 0.29) is 12.0 Å². The van der Waals surface area contributed by atoms with Crippen molar-refractivity contribution in [2.24, 2.45) is 5.41 Å². The minimum Gasteiger partial charge on any atom is -0.387 e. The average Bonchev–Trinajstić information content (AvgIpc) is 2.35. The van der Waals surface area contributed by atoms with Crippen LogP contribution in [0.25, 0.3) is 0 Å². The molecule has 0 heterocycles. The summed E-state index contributed by atoms with van der Waals surface area (Å²) in [5, 5.41) is 19.0. The fourth-order valence-electron chi connectivity index (χ4n) is 1.64. The molecule has 0 aromatic heterocycles. The third kappa shape index (κ3) is 3.24. The summed E-state index contributed by atoms with van der Waals surface area (Å²) in [5.74, 6) is -1.10. The molecule has 0 saturated carbocycles. The van der Waals surface area contributed by atoms with E-state index in [1.165, 1.54) is 6.92 Å². The SMILES string of the molecule is CCC(C)(C#N)C(O)c1cc(F)cc(C(F)(F)F)c1. The molecule has 0 radical (unpaired) electrons. The first kappa shape index (κ1) is 15.4. The molecular formula is C13H13F4NO. The van der Waals surface area contributed by atoms with Gasteiger partial charge in [0.2, 0.25) is 0 Å². The van der Waals surface area contributed by atoms with Crippen LogP contribution in [0, 0.1) is 22.6 Å². The molecule has 1 rings (SSSR count). The average molecular weight is 275 g/mol. The molecule has 0 bridgehead atoms. The maximum Gasteiger partial charge on any atom is 0.416 e. The topological polar surface area (TPSA) is 44.0 Å². The van der Waals surface area contributed by atoms with E-state index in [0.29, 0.717) is 12.1 Å². The normalized spacial score (nSPS) is 16.5. The lowest BCUT2D eigenvalue weighted by atomic mass is 9.79. The fourth-order valence-corrected chi connectivity index (χ4v) is 1.64. The Hall–Kier alpha value is -1.61. The Morgan fingerprint density at radius 2 is 1.89 bits per heavy atom. The Labute approximate surface area is 108 Å². The molecule has 0 aliphatic carbocycles. The van der Waals surface area contributed by atoms with Gasteiger partial charge in [-0.1, -0.05) is 6.92 Å². The van der Waals surface area contributed by atoms with Crippen molar-refractivity contribution in [2.45, 2.75) is 32.5 Å². The molecule has 2 atom stereocenters. The van der Waals surface area contributed by atoms with E-state index in [1.54, 1.807) is 6.92 Å². The first-order chi connectivity index (χ1) is 8.64. The molecule has 2 nitrogen and oxygen atoms in total. The smallest absolute Gasteiger partial charge is 0.387 e. The Balaban J connectivity index is 3.30. The molecule has 1 aromatic carbocycles. The van der Waals surface area contributed by atoms with Crippen molar-refractivity contribution in [2.75, 3.05) is 0 Å². The van der Waals surface area contributed by atoms with Crippen molar-refractivity contribution < 1.29 is 22.7 Å². The van der Waals surface area contributed by atoms with Crippen LogP contribution < -0.4 is 0 Å². The van der Waals surface area contributed by atoms with Crippen LogP contribution in [-0.2, 0) is 6.18 Å². The van der Waals surface area contributed by atoms with Crippen LogP contribution in [0.15, 0.2) is 18.2 Å². The van der Waals surface area contributed by atoms with Crippen molar-refractivity contribution in [1.29, 1.82) is 5.26 Å². The van der Waals surface area contributed by atoms with Gasteiger partial charge in [-0.25, -0.2) is 4.39 Å². The molecule has 19 heavy (non-hydrogen) atoms. The molecule has 2 unspecified atom stereocenters. The largest absolute Gasteiger partial charge is 0.416 e. The highest BCUT2D eigenvalue weighted by Gasteiger charge is 2.36. The van der Waals surface area contributed by atoms with Gasteiger partial charge in [-0.15, -0.1) is 0 Å². The second-order valence-corrected chi connectivity index (χ2v) is 4.56. The van der Waals surface area contributed by atoms with Crippen LogP contribution in [-0.4, -0.2) is 5.11 Å². The van der Waals surface area contributed by atoms with Gasteiger partial charge in [0.05, 0.1) is 23.2 Å². The maximum absolute atomic E-state index is 13.2. The van der Waals surface area contributed by atoms with Crippen molar-refractivity contribution in [3.63, 3.8) is 0 Å². The Morgan fingerprint density at radius 1 is 1.32 bits per heavy atom. The molecule has 6 heteroatoms. The lowest BCUT2D eigenvalue weighted by Gasteiger charge is -2.27. The Morgan fingerprint density at radius 3 is 2.32 bits per heavy atom. The molecule has 0 spiro atoms. The van der Waals surface area contributed by atoms with Gasteiger partial charge in [-0.3, -0.25) is 0 Å². The van der Waals surface area contributed by atoms with Gasteiger partial charge >= 0.3 is 6.18 Å². The zero-order valence-corrected chi connectivity index (χ0v) is 10.4. The lowest BCUT2D eigenvalue weighted by Crippen LogP contribution is -2.23. The van der Waals surface area contributed by atoms with E-state index in [1.807, 2.05) is 6.07 Å². The summed E-state index contributed by atoms with van der Waals surface area (Å²) in [6.45, 7) is 3.03. The molecule has 0 aliphatic rings. The van der Waals surface area contributed by atoms with Gasteiger partial charge in [-0.2, -0.15) is 18.4 Å². The van der Waals surface area contributed by atoms with E-state index in [0.717, 1.165) is 6.07 Å². The monoisotopic (exact) mass is 275 g/mol.